The first-order chi connectivity index (χ1) is 16.6. The summed E-state index contributed by atoms with van der Waals surface area (Å²) in [5.74, 6) is 0.476. The van der Waals surface area contributed by atoms with Gasteiger partial charge in [0.2, 0.25) is 5.76 Å². The van der Waals surface area contributed by atoms with Crippen molar-refractivity contribution in [2.24, 2.45) is 0 Å². The number of hydrogen-bond acceptors (Lipinski definition) is 5. The normalized spacial score (nSPS) is 15.1. The van der Waals surface area contributed by atoms with E-state index < -0.39 is 6.04 Å². The molecule has 6 nitrogen and oxygen atoms in total. The van der Waals surface area contributed by atoms with Crippen molar-refractivity contribution >= 4 is 32.8 Å². The molecule has 172 valence electrons. The van der Waals surface area contributed by atoms with E-state index in [1.165, 1.54) is 0 Å². The van der Waals surface area contributed by atoms with E-state index >= 15 is 0 Å². The molecule has 0 radical (unpaired) electrons. The molecule has 4 aromatic rings. The number of halogens is 1. The van der Waals surface area contributed by atoms with Crippen molar-refractivity contribution in [1.29, 1.82) is 0 Å². The third-order valence-electron chi connectivity index (χ3n) is 5.91. The minimum absolute atomic E-state index is 0.0883. The lowest BCUT2D eigenvalue weighted by Gasteiger charge is -2.25. The summed E-state index contributed by atoms with van der Waals surface area (Å²) in [5, 5.41) is 0.433. The van der Waals surface area contributed by atoms with Crippen molar-refractivity contribution in [1.82, 2.24) is 4.90 Å². The number of fused-ring (bicyclic) bond motifs is 2. The lowest BCUT2D eigenvalue weighted by atomic mass is 9.98. The summed E-state index contributed by atoms with van der Waals surface area (Å²) in [7, 11) is 1.58. The van der Waals surface area contributed by atoms with Gasteiger partial charge in [0.1, 0.15) is 17.9 Å². The SMILES string of the molecule is COCCN1C(=O)c2oc3ccc(Br)cc3c(=O)c2[C@@H]1c1ccc(OCc2ccccc2)cc1. The van der Waals surface area contributed by atoms with Gasteiger partial charge in [-0.05, 0) is 41.5 Å². The van der Waals surface area contributed by atoms with Gasteiger partial charge in [-0.2, -0.15) is 0 Å². The zero-order valence-corrected chi connectivity index (χ0v) is 20.1. The van der Waals surface area contributed by atoms with Crippen LogP contribution in [-0.4, -0.2) is 31.1 Å². The van der Waals surface area contributed by atoms with Gasteiger partial charge >= 0.3 is 0 Å². The number of carbonyl (C=O) groups is 1. The summed E-state index contributed by atoms with van der Waals surface area (Å²) in [4.78, 5) is 28.4. The third-order valence-corrected chi connectivity index (χ3v) is 6.40. The highest BCUT2D eigenvalue weighted by Gasteiger charge is 2.42. The Hall–Kier alpha value is -3.42. The number of carbonyl (C=O) groups excluding carboxylic acids is 1. The molecule has 1 atom stereocenters. The van der Waals surface area contributed by atoms with E-state index in [4.69, 9.17) is 13.9 Å². The molecule has 5 rings (SSSR count). The molecular weight excluding hydrogens is 498 g/mol. The van der Waals surface area contributed by atoms with Crippen molar-refractivity contribution in [2.75, 3.05) is 20.3 Å². The molecule has 0 aliphatic carbocycles. The van der Waals surface area contributed by atoms with E-state index in [2.05, 4.69) is 15.9 Å². The maximum atomic E-state index is 13.5. The van der Waals surface area contributed by atoms with Crippen molar-refractivity contribution in [3.8, 4) is 5.75 Å². The number of rotatable bonds is 7. The van der Waals surface area contributed by atoms with Crippen molar-refractivity contribution in [2.45, 2.75) is 12.6 Å². The summed E-state index contributed by atoms with van der Waals surface area (Å²) in [6.07, 6.45) is 0. The van der Waals surface area contributed by atoms with Crippen molar-refractivity contribution < 1.29 is 18.7 Å². The largest absolute Gasteiger partial charge is 0.489 e. The van der Waals surface area contributed by atoms with Crippen LogP contribution in [0.3, 0.4) is 0 Å². The Morgan fingerprint density at radius 2 is 1.76 bits per heavy atom. The lowest BCUT2D eigenvalue weighted by Crippen LogP contribution is -2.32. The monoisotopic (exact) mass is 519 g/mol. The van der Waals surface area contributed by atoms with Gasteiger partial charge < -0.3 is 18.8 Å². The first-order valence-electron chi connectivity index (χ1n) is 10.9. The van der Waals surface area contributed by atoms with Crippen LogP contribution >= 0.6 is 15.9 Å². The number of hydrogen-bond donors (Lipinski definition) is 0. The molecule has 1 aromatic heterocycles. The topological polar surface area (TPSA) is 69.0 Å². The molecule has 7 heteroatoms. The maximum absolute atomic E-state index is 13.5. The average molecular weight is 520 g/mol. The Balaban J connectivity index is 1.52. The first-order valence-corrected chi connectivity index (χ1v) is 11.7. The highest BCUT2D eigenvalue weighted by atomic mass is 79.9. The Bertz CT molecular complexity index is 1400. The number of ether oxygens (including phenoxy) is 2. The average Bonchev–Trinajstić information content (AvgIpc) is 3.14. The number of nitrogens with zero attached hydrogens (tertiary/aromatic N) is 1. The number of amides is 1. The van der Waals surface area contributed by atoms with Crippen LogP contribution in [0.25, 0.3) is 11.0 Å². The Kier molecular flexibility index (Phi) is 6.22. The summed E-state index contributed by atoms with van der Waals surface area (Å²) in [6, 6.07) is 22.0. The molecule has 1 aliphatic rings. The second-order valence-corrected chi connectivity index (χ2v) is 8.97. The molecule has 0 saturated heterocycles. The Morgan fingerprint density at radius 3 is 2.50 bits per heavy atom. The van der Waals surface area contributed by atoms with Gasteiger partial charge in [0, 0.05) is 18.1 Å². The third kappa shape index (κ3) is 4.13. The molecule has 0 spiro atoms. The molecule has 2 heterocycles. The van der Waals surface area contributed by atoms with E-state index in [0.29, 0.717) is 42.0 Å². The minimum atomic E-state index is -0.569. The summed E-state index contributed by atoms with van der Waals surface area (Å²) >= 11 is 3.42. The van der Waals surface area contributed by atoms with E-state index in [0.717, 1.165) is 15.6 Å². The fourth-order valence-electron chi connectivity index (χ4n) is 4.25. The van der Waals surface area contributed by atoms with Crippen LogP contribution in [0.1, 0.15) is 33.3 Å². The molecule has 34 heavy (non-hydrogen) atoms. The van der Waals surface area contributed by atoms with Crippen molar-refractivity contribution in [3.63, 3.8) is 0 Å². The molecule has 0 fully saturated rings. The first kappa shape index (κ1) is 22.4. The molecule has 1 aliphatic heterocycles. The van der Waals surface area contributed by atoms with Gasteiger partial charge in [-0.15, -0.1) is 0 Å². The highest BCUT2D eigenvalue weighted by molar-refractivity contribution is 9.10. The van der Waals surface area contributed by atoms with Gasteiger partial charge in [0.15, 0.2) is 5.43 Å². The van der Waals surface area contributed by atoms with E-state index in [9.17, 15) is 9.59 Å². The van der Waals surface area contributed by atoms with E-state index in [1.807, 2.05) is 54.6 Å². The van der Waals surface area contributed by atoms with Crippen LogP contribution in [-0.2, 0) is 11.3 Å². The Labute approximate surface area is 204 Å². The Morgan fingerprint density at radius 1 is 1.00 bits per heavy atom. The van der Waals surface area contributed by atoms with Crippen LogP contribution in [0.5, 0.6) is 5.75 Å². The number of benzene rings is 3. The van der Waals surface area contributed by atoms with Gasteiger partial charge in [-0.1, -0.05) is 58.4 Å². The van der Waals surface area contributed by atoms with Gasteiger partial charge in [-0.25, -0.2) is 0 Å². The standard InChI is InChI=1S/C27H22BrNO5/c1-32-14-13-29-24(18-7-10-20(11-8-18)33-16-17-5-3-2-4-6-17)23-25(30)21-15-19(28)9-12-22(21)34-26(23)27(29)31/h2-12,15,24H,13-14,16H2,1H3/t24-/m0/s1. The van der Waals surface area contributed by atoms with Gasteiger partial charge in [0.25, 0.3) is 5.91 Å². The van der Waals surface area contributed by atoms with Crippen molar-refractivity contribution in [3.05, 3.63) is 110 Å². The van der Waals surface area contributed by atoms with Crippen LogP contribution in [0.15, 0.2) is 86.5 Å². The van der Waals surface area contributed by atoms with Gasteiger partial charge in [0.05, 0.1) is 23.6 Å². The molecule has 1 amide bonds. The van der Waals surface area contributed by atoms with Crippen LogP contribution in [0.4, 0.5) is 0 Å². The minimum Gasteiger partial charge on any atom is -0.489 e. The molecule has 0 bridgehead atoms. The molecule has 0 unspecified atom stereocenters. The second-order valence-electron chi connectivity index (χ2n) is 8.05. The number of methoxy groups -OCH3 is 1. The molecule has 0 saturated carbocycles. The quantitative estimate of drug-likeness (QED) is 0.330. The lowest BCUT2D eigenvalue weighted by molar-refractivity contribution is 0.0663. The fourth-order valence-corrected chi connectivity index (χ4v) is 4.61. The predicted molar refractivity (Wildman–Crippen MR) is 132 cm³/mol. The highest BCUT2D eigenvalue weighted by Crippen LogP contribution is 2.38. The zero-order chi connectivity index (χ0) is 23.7. The molecule has 3 aromatic carbocycles. The van der Waals surface area contributed by atoms with Crippen LogP contribution in [0, 0.1) is 0 Å². The zero-order valence-electron chi connectivity index (χ0n) is 18.5. The maximum Gasteiger partial charge on any atom is 0.290 e. The summed E-state index contributed by atoms with van der Waals surface area (Å²) in [6.45, 7) is 1.12. The summed E-state index contributed by atoms with van der Waals surface area (Å²) < 4.78 is 17.8. The van der Waals surface area contributed by atoms with E-state index in [1.54, 1.807) is 30.2 Å². The van der Waals surface area contributed by atoms with Gasteiger partial charge in [-0.3, -0.25) is 9.59 Å². The summed E-state index contributed by atoms with van der Waals surface area (Å²) in [5.41, 5.74) is 2.40. The second kappa shape index (κ2) is 9.44. The smallest absolute Gasteiger partial charge is 0.290 e. The van der Waals surface area contributed by atoms with Crippen LogP contribution < -0.4 is 10.2 Å². The predicted octanol–water partition coefficient (Wildman–Crippen LogP) is 5.33. The molecule has 0 N–H and O–H groups in total. The molecular formula is C27H22BrNO5. The fraction of sp³-hybridized carbons (Fsp3) is 0.185. The van der Waals surface area contributed by atoms with E-state index in [-0.39, 0.29) is 17.1 Å². The van der Waals surface area contributed by atoms with Crippen LogP contribution in [0.2, 0.25) is 0 Å².